The molecule has 0 atom stereocenters. The third-order valence-corrected chi connectivity index (χ3v) is 3.86. The number of benzene rings is 1. The lowest BCUT2D eigenvalue weighted by atomic mass is 10.0. The van der Waals surface area contributed by atoms with Crippen molar-refractivity contribution in [3.05, 3.63) is 53.0 Å². The Kier molecular flexibility index (Phi) is 6.65. The van der Waals surface area contributed by atoms with E-state index in [-0.39, 0.29) is 0 Å². The Balaban J connectivity index is 2.53. The molecule has 0 amide bonds. The Morgan fingerprint density at radius 1 is 1.15 bits per heavy atom. The van der Waals surface area contributed by atoms with Crippen LogP contribution in [0, 0.1) is 13.8 Å². The zero-order valence-corrected chi connectivity index (χ0v) is 16.4. The van der Waals surface area contributed by atoms with Crippen LogP contribution in [-0.2, 0) is 14.4 Å². The molecule has 1 heterocycles. The van der Waals surface area contributed by atoms with Gasteiger partial charge in [0.15, 0.2) is 0 Å². The summed E-state index contributed by atoms with van der Waals surface area (Å²) in [7, 11) is 2.82. The highest BCUT2D eigenvalue weighted by Crippen LogP contribution is 2.32. The Morgan fingerprint density at radius 3 is 2.48 bits per heavy atom. The number of carbonyl (C=O) groups excluding carboxylic acids is 1. The molecule has 0 aliphatic rings. The molecule has 142 valence electrons. The van der Waals surface area contributed by atoms with Crippen LogP contribution in [0.1, 0.15) is 36.5 Å². The summed E-state index contributed by atoms with van der Waals surface area (Å²) in [6, 6.07) is 7.22. The number of aromatic nitrogens is 2. The van der Waals surface area contributed by atoms with Gasteiger partial charge in [-0.05, 0) is 33.8 Å². The van der Waals surface area contributed by atoms with E-state index in [9.17, 15) is 4.79 Å². The number of esters is 1. The van der Waals surface area contributed by atoms with E-state index in [1.54, 1.807) is 39.0 Å². The van der Waals surface area contributed by atoms with Crippen molar-refractivity contribution in [1.29, 1.82) is 0 Å². The van der Waals surface area contributed by atoms with Crippen molar-refractivity contribution in [3.8, 4) is 11.6 Å². The number of aryl methyl sites for hydroxylation is 1. The van der Waals surface area contributed by atoms with Crippen LogP contribution in [0.4, 0.5) is 0 Å². The number of ether oxygens (including phenoxy) is 2. The molecule has 2 aromatic rings. The molecule has 0 aliphatic heterocycles. The Hall–Kier alpha value is -3.22. The molecule has 0 N–H and O–H groups in total. The van der Waals surface area contributed by atoms with Gasteiger partial charge in [-0.1, -0.05) is 29.4 Å². The first-order valence-corrected chi connectivity index (χ1v) is 8.38. The van der Waals surface area contributed by atoms with Crippen LogP contribution >= 0.6 is 0 Å². The minimum Gasteiger partial charge on any atom is -0.465 e. The number of allylic oxidation sites excluding steroid dienone is 1. The number of carbonyl (C=O) groups is 1. The molecule has 7 nitrogen and oxygen atoms in total. The number of hydrogen-bond donors (Lipinski definition) is 0. The molecular formula is C20H23N3O4. The van der Waals surface area contributed by atoms with Gasteiger partial charge in [-0.25, -0.2) is 9.78 Å². The summed E-state index contributed by atoms with van der Waals surface area (Å²) in [6.45, 7) is 7.18. The molecule has 1 aromatic carbocycles. The zero-order chi connectivity index (χ0) is 20.0. The maximum atomic E-state index is 12.1. The van der Waals surface area contributed by atoms with Crippen molar-refractivity contribution in [3.63, 3.8) is 0 Å². The third kappa shape index (κ3) is 4.49. The first kappa shape index (κ1) is 20.1. The standard InChI is InChI=1S/C20H23N3O4/c1-7-15(20(24)25-5)16-10-8-9-11-17(16)27-19-12(2)18(13(3)23-26-6)21-14(4)22-19/h7-11H,1-6H3/b15-7-,23-13-. The molecule has 2 rings (SSSR count). The van der Waals surface area contributed by atoms with Crippen LogP contribution < -0.4 is 4.74 Å². The fourth-order valence-corrected chi connectivity index (χ4v) is 2.61. The maximum Gasteiger partial charge on any atom is 0.338 e. The normalized spacial score (nSPS) is 11.9. The van der Waals surface area contributed by atoms with Crippen molar-refractivity contribution in [2.24, 2.45) is 5.16 Å². The summed E-state index contributed by atoms with van der Waals surface area (Å²) >= 11 is 0. The summed E-state index contributed by atoms with van der Waals surface area (Å²) in [6.07, 6.45) is 1.69. The van der Waals surface area contributed by atoms with Gasteiger partial charge in [-0.3, -0.25) is 0 Å². The van der Waals surface area contributed by atoms with Gasteiger partial charge in [0.1, 0.15) is 24.4 Å². The van der Waals surface area contributed by atoms with Crippen molar-refractivity contribution in [2.45, 2.75) is 27.7 Å². The molecule has 0 radical (unpaired) electrons. The molecule has 7 heteroatoms. The monoisotopic (exact) mass is 369 g/mol. The van der Waals surface area contributed by atoms with Crippen LogP contribution in [0.15, 0.2) is 35.5 Å². The Morgan fingerprint density at radius 2 is 1.85 bits per heavy atom. The molecule has 27 heavy (non-hydrogen) atoms. The summed E-state index contributed by atoms with van der Waals surface area (Å²) in [5.74, 6) is 0.973. The van der Waals surface area contributed by atoms with Gasteiger partial charge in [-0.2, -0.15) is 4.98 Å². The van der Waals surface area contributed by atoms with E-state index >= 15 is 0 Å². The second-order valence-electron chi connectivity index (χ2n) is 5.70. The topological polar surface area (TPSA) is 82.9 Å². The van der Waals surface area contributed by atoms with Crippen molar-refractivity contribution in [2.75, 3.05) is 14.2 Å². The first-order valence-electron chi connectivity index (χ1n) is 8.38. The van der Waals surface area contributed by atoms with Crippen molar-refractivity contribution >= 4 is 17.3 Å². The van der Waals surface area contributed by atoms with Crippen LogP contribution in [-0.4, -0.2) is 35.9 Å². The number of para-hydroxylation sites is 1. The number of methoxy groups -OCH3 is 1. The summed E-state index contributed by atoms with van der Waals surface area (Å²) in [5, 5.41) is 3.94. The SMILES string of the molecule is C/C=C(\C(=O)OC)c1ccccc1Oc1nc(C)nc(/C(C)=N\OC)c1C. The van der Waals surface area contributed by atoms with Gasteiger partial charge in [0.25, 0.3) is 0 Å². The van der Waals surface area contributed by atoms with Crippen LogP contribution in [0.25, 0.3) is 5.57 Å². The van der Waals surface area contributed by atoms with E-state index < -0.39 is 5.97 Å². The predicted octanol–water partition coefficient (Wildman–Crippen LogP) is 3.83. The fourth-order valence-electron chi connectivity index (χ4n) is 2.61. The first-order chi connectivity index (χ1) is 12.9. The lowest BCUT2D eigenvalue weighted by Gasteiger charge is -2.15. The van der Waals surface area contributed by atoms with E-state index in [0.29, 0.717) is 45.6 Å². The van der Waals surface area contributed by atoms with Gasteiger partial charge in [-0.15, -0.1) is 0 Å². The van der Waals surface area contributed by atoms with Gasteiger partial charge in [0, 0.05) is 11.1 Å². The highest BCUT2D eigenvalue weighted by atomic mass is 16.6. The molecule has 0 fully saturated rings. The average Bonchev–Trinajstić information content (AvgIpc) is 2.66. The van der Waals surface area contributed by atoms with E-state index in [4.69, 9.17) is 14.3 Å². The van der Waals surface area contributed by atoms with E-state index in [2.05, 4.69) is 15.1 Å². The van der Waals surface area contributed by atoms with Gasteiger partial charge >= 0.3 is 5.97 Å². The molecule has 0 saturated heterocycles. The highest BCUT2D eigenvalue weighted by molar-refractivity contribution is 6.17. The predicted molar refractivity (Wildman–Crippen MR) is 103 cm³/mol. The lowest BCUT2D eigenvalue weighted by molar-refractivity contribution is -0.133. The maximum absolute atomic E-state index is 12.1. The summed E-state index contributed by atoms with van der Waals surface area (Å²) in [5.41, 5.74) is 2.99. The minimum atomic E-state index is -0.437. The fraction of sp³-hybridized carbons (Fsp3) is 0.300. The average molecular weight is 369 g/mol. The number of hydrogen-bond acceptors (Lipinski definition) is 7. The highest BCUT2D eigenvalue weighted by Gasteiger charge is 2.19. The molecule has 0 bridgehead atoms. The van der Waals surface area contributed by atoms with Crippen LogP contribution in [0.5, 0.6) is 11.6 Å². The van der Waals surface area contributed by atoms with Crippen molar-refractivity contribution < 1.29 is 19.1 Å². The largest absolute Gasteiger partial charge is 0.465 e. The summed E-state index contributed by atoms with van der Waals surface area (Å²) in [4.78, 5) is 25.7. The molecule has 0 spiro atoms. The minimum absolute atomic E-state index is 0.385. The zero-order valence-electron chi connectivity index (χ0n) is 16.4. The number of oxime groups is 1. The smallest absolute Gasteiger partial charge is 0.338 e. The Labute approximate surface area is 158 Å². The molecular weight excluding hydrogens is 346 g/mol. The number of nitrogens with zero attached hydrogens (tertiary/aromatic N) is 3. The molecule has 0 unspecified atom stereocenters. The molecule has 0 saturated carbocycles. The van der Waals surface area contributed by atoms with E-state index in [1.807, 2.05) is 19.1 Å². The van der Waals surface area contributed by atoms with Crippen LogP contribution in [0.3, 0.4) is 0 Å². The second-order valence-corrected chi connectivity index (χ2v) is 5.70. The lowest BCUT2D eigenvalue weighted by Crippen LogP contribution is -2.09. The van der Waals surface area contributed by atoms with Gasteiger partial charge in [0.05, 0.1) is 18.4 Å². The van der Waals surface area contributed by atoms with Crippen molar-refractivity contribution in [1.82, 2.24) is 9.97 Å². The van der Waals surface area contributed by atoms with E-state index in [0.717, 1.165) is 0 Å². The third-order valence-electron chi connectivity index (χ3n) is 3.86. The quantitative estimate of drug-likeness (QED) is 0.333. The number of rotatable bonds is 6. The Bertz CT molecular complexity index is 904. The van der Waals surface area contributed by atoms with Crippen LogP contribution in [0.2, 0.25) is 0 Å². The molecule has 1 aromatic heterocycles. The van der Waals surface area contributed by atoms with Gasteiger partial charge in [0.2, 0.25) is 5.88 Å². The van der Waals surface area contributed by atoms with Gasteiger partial charge < -0.3 is 14.3 Å². The molecule has 0 aliphatic carbocycles. The second kappa shape index (κ2) is 8.93. The van der Waals surface area contributed by atoms with E-state index in [1.165, 1.54) is 14.2 Å². The summed E-state index contributed by atoms with van der Waals surface area (Å²) < 4.78 is 10.9.